The van der Waals surface area contributed by atoms with Crippen molar-refractivity contribution in [3.05, 3.63) is 36.7 Å². The van der Waals surface area contributed by atoms with Crippen molar-refractivity contribution >= 4 is 26.7 Å². The Morgan fingerprint density at radius 1 is 0.967 bits per heavy atom. The van der Waals surface area contributed by atoms with E-state index in [1.165, 1.54) is 6.42 Å². The van der Waals surface area contributed by atoms with Gasteiger partial charge in [0.15, 0.2) is 0 Å². The molecule has 0 aliphatic carbocycles. The van der Waals surface area contributed by atoms with Crippen LogP contribution in [-0.4, -0.2) is 78.7 Å². The molecular weight excluding hydrogens is 400 g/mol. The first-order valence-electron chi connectivity index (χ1n) is 10.8. The highest BCUT2D eigenvalue weighted by molar-refractivity contribution is 7.89. The van der Waals surface area contributed by atoms with Gasteiger partial charge in [0.1, 0.15) is 0 Å². The van der Waals surface area contributed by atoms with Crippen molar-refractivity contribution in [1.29, 1.82) is 0 Å². The summed E-state index contributed by atoms with van der Waals surface area (Å²) >= 11 is 0. The van der Waals surface area contributed by atoms with Crippen molar-refractivity contribution in [2.75, 3.05) is 39.3 Å². The fraction of sp³-hybridized carbons (Fsp3) is 0.545. The SMILES string of the molecule is C[C@H](C(=O)N1CCCCC1)N1CCCN(S(=O)(=O)c2cccc3cnccc23)CC1. The number of likely N-dealkylation sites (tertiary alicyclic amines) is 1. The van der Waals surface area contributed by atoms with Crippen LogP contribution in [0.3, 0.4) is 0 Å². The summed E-state index contributed by atoms with van der Waals surface area (Å²) in [7, 11) is -3.62. The summed E-state index contributed by atoms with van der Waals surface area (Å²) in [5, 5.41) is 1.51. The zero-order valence-corrected chi connectivity index (χ0v) is 18.4. The number of amides is 1. The number of nitrogens with zero attached hydrogens (tertiary/aromatic N) is 4. The van der Waals surface area contributed by atoms with Gasteiger partial charge in [0.25, 0.3) is 0 Å². The van der Waals surface area contributed by atoms with E-state index in [0.29, 0.717) is 36.3 Å². The maximum Gasteiger partial charge on any atom is 0.243 e. The first kappa shape index (κ1) is 21.2. The predicted molar refractivity (Wildman–Crippen MR) is 117 cm³/mol. The topological polar surface area (TPSA) is 73.8 Å². The minimum Gasteiger partial charge on any atom is -0.341 e. The molecule has 0 saturated carbocycles. The maximum atomic E-state index is 13.4. The van der Waals surface area contributed by atoms with E-state index in [0.717, 1.165) is 37.9 Å². The van der Waals surface area contributed by atoms with Gasteiger partial charge in [0, 0.05) is 62.4 Å². The van der Waals surface area contributed by atoms with Gasteiger partial charge in [-0.05, 0) is 44.7 Å². The summed E-state index contributed by atoms with van der Waals surface area (Å²) in [6.07, 6.45) is 7.37. The molecule has 0 radical (unpaired) electrons. The van der Waals surface area contributed by atoms with Gasteiger partial charge in [-0.1, -0.05) is 12.1 Å². The van der Waals surface area contributed by atoms with Crippen LogP contribution < -0.4 is 0 Å². The number of hydrogen-bond donors (Lipinski definition) is 0. The molecule has 8 heteroatoms. The van der Waals surface area contributed by atoms with Crippen molar-refractivity contribution < 1.29 is 13.2 Å². The van der Waals surface area contributed by atoms with Crippen LogP contribution in [0.5, 0.6) is 0 Å². The van der Waals surface area contributed by atoms with Crippen LogP contribution in [0.15, 0.2) is 41.6 Å². The summed E-state index contributed by atoms with van der Waals surface area (Å²) in [5.74, 6) is 0.174. The molecule has 1 atom stereocenters. The molecule has 162 valence electrons. The zero-order chi connectivity index (χ0) is 21.1. The average molecular weight is 431 g/mol. The van der Waals surface area contributed by atoms with Crippen molar-refractivity contribution in [2.24, 2.45) is 0 Å². The van der Waals surface area contributed by atoms with Gasteiger partial charge in [-0.3, -0.25) is 14.7 Å². The van der Waals surface area contributed by atoms with E-state index in [2.05, 4.69) is 9.88 Å². The Kier molecular flexibility index (Phi) is 6.36. The molecule has 2 aliphatic rings. The van der Waals surface area contributed by atoms with Crippen LogP contribution in [0.2, 0.25) is 0 Å². The number of benzene rings is 1. The molecule has 2 fully saturated rings. The zero-order valence-electron chi connectivity index (χ0n) is 17.5. The van der Waals surface area contributed by atoms with Crippen LogP contribution in [0.1, 0.15) is 32.6 Å². The van der Waals surface area contributed by atoms with Gasteiger partial charge in [0.05, 0.1) is 10.9 Å². The number of fused-ring (bicyclic) bond motifs is 1. The summed E-state index contributed by atoms with van der Waals surface area (Å²) in [4.78, 5) is 21.4. The first-order chi connectivity index (χ1) is 14.5. The molecule has 1 amide bonds. The van der Waals surface area contributed by atoms with Crippen LogP contribution >= 0.6 is 0 Å². The van der Waals surface area contributed by atoms with Crippen molar-refractivity contribution in [1.82, 2.24) is 19.1 Å². The molecule has 1 aromatic carbocycles. The first-order valence-corrected chi connectivity index (χ1v) is 12.3. The van der Waals surface area contributed by atoms with E-state index in [1.807, 2.05) is 17.9 Å². The standard InChI is InChI=1S/C22H30N4O3S/c1-18(22(27)25-11-3-2-4-12-25)24-13-6-14-26(16-15-24)30(28,29)21-8-5-7-19-17-23-10-9-20(19)21/h5,7-10,17-18H,2-4,6,11-16H2,1H3/t18-/m1/s1. The Labute approximate surface area is 178 Å². The van der Waals surface area contributed by atoms with E-state index >= 15 is 0 Å². The van der Waals surface area contributed by atoms with E-state index < -0.39 is 10.0 Å². The van der Waals surface area contributed by atoms with E-state index in [4.69, 9.17) is 0 Å². The Hall–Kier alpha value is -2.03. The Morgan fingerprint density at radius 2 is 1.77 bits per heavy atom. The number of aromatic nitrogens is 1. The number of carbonyl (C=O) groups excluding carboxylic acids is 1. The van der Waals surface area contributed by atoms with E-state index in [-0.39, 0.29) is 11.9 Å². The monoisotopic (exact) mass is 430 g/mol. The third kappa shape index (κ3) is 4.22. The Balaban J connectivity index is 1.49. The minimum atomic E-state index is -3.62. The van der Waals surface area contributed by atoms with Gasteiger partial charge in [-0.25, -0.2) is 8.42 Å². The molecule has 0 N–H and O–H groups in total. The number of sulfonamides is 1. The number of hydrogen-bond acceptors (Lipinski definition) is 5. The average Bonchev–Trinajstić information content (AvgIpc) is 3.05. The number of rotatable bonds is 4. The van der Waals surface area contributed by atoms with E-state index in [1.54, 1.807) is 34.9 Å². The number of piperidine rings is 1. The predicted octanol–water partition coefficient (Wildman–Crippen LogP) is 2.33. The number of pyridine rings is 1. The Bertz CT molecular complexity index is 999. The van der Waals surface area contributed by atoms with Gasteiger partial charge >= 0.3 is 0 Å². The van der Waals surface area contributed by atoms with Gasteiger partial charge < -0.3 is 4.90 Å². The van der Waals surface area contributed by atoms with Gasteiger partial charge in [0.2, 0.25) is 15.9 Å². The van der Waals surface area contributed by atoms with Crippen LogP contribution in [0, 0.1) is 0 Å². The molecule has 4 rings (SSSR count). The second-order valence-corrected chi connectivity index (χ2v) is 10.1. The molecule has 0 bridgehead atoms. The fourth-order valence-electron chi connectivity index (χ4n) is 4.53. The lowest BCUT2D eigenvalue weighted by Crippen LogP contribution is -2.49. The molecule has 0 spiro atoms. The second-order valence-electron chi connectivity index (χ2n) is 8.21. The third-order valence-corrected chi connectivity index (χ3v) is 8.28. The quantitative estimate of drug-likeness (QED) is 0.744. The molecule has 2 saturated heterocycles. The van der Waals surface area contributed by atoms with Crippen LogP contribution in [-0.2, 0) is 14.8 Å². The van der Waals surface area contributed by atoms with Crippen molar-refractivity contribution in [3.8, 4) is 0 Å². The molecule has 3 heterocycles. The summed E-state index contributed by atoms with van der Waals surface area (Å²) in [5.41, 5.74) is 0. The molecule has 7 nitrogen and oxygen atoms in total. The summed E-state index contributed by atoms with van der Waals surface area (Å²) < 4.78 is 28.4. The smallest absolute Gasteiger partial charge is 0.243 e. The Morgan fingerprint density at radius 3 is 2.57 bits per heavy atom. The summed E-state index contributed by atoms with van der Waals surface area (Å²) in [6.45, 7) is 5.78. The largest absolute Gasteiger partial charge is 0.341 e. The van der Waals surface area contributed by atoms with Gasteiger partial charge in [-0.2, -0.15) is 4.31 Å². The van der Waals surface area contributed by atoms with Crippen molar-refractivity contribution in [2.45, 2.75) is 43.5 Å². The lowest BCUT2D eigenvalue weighted by Gasteiger charge is -2.34. The minimum absolute atomic E-state index is 0.174. The highest BCUT2D eigenvalue weighted by Crippen LogP contribution is 2.26. The van der Waals surface area contributed by atoms with Crippen LogP contribution in [0.25, 0.3) is 10.8 Å². The highest BCUT2D eigenvalue weighted by atomic mass is 32.2. The summed E-state index contributed by atoms with van der Waals surface area (Å²) in [6, 6.07) is 6.85. The lowest BCUT2D eigenvalue weighted by atomic mass is 10.1. The molecule has 30 heavy (non-hydrogen) atoms. The molecule has 1 aromatic heterocycles. The molecule has 2 aromatic rings. The van der Waals surface area contributed by atoms with E-state index in [9.17, 15) is 13.2 Å². The molecule has 2 aliphatic heterocycles. The molecular formula is C22H30N4O3S. The van der Waals surface area contributed by atoms with Crippen molar-refractivity contribution in [3.63, 3.8) is 0 Å². The normalized spacial score (nSPS) is 20.8. The molecule has 0 unspecified atom stereocenters. The van der Waals surface area contributed by atoms with Crippen LogP contribution in [0.4, 0.5) is 0 Å². The maximum absolute atomic E-state index is 13.4. The fourth-order valence-corrected chi connectivity index (χ4v) is 6.22. The highest BCUT2D eigenvalue weighted by Gasteiger charge is 2.32. The third-order valence-electron chi connectivity index (χ3n) is 6.32. The van der Waals surface area contributed by atoms with Gasteiger partial charge in [-0.15, -0.1) is 0 Å². The number of carbonyl (C=O) groups is 1. The second kappa shape index (κ2) is 8.99. The lowest BCUT2D eigenvalue weighted by molar-refractivity contribution is -0.137.